The molecule has 0 saturated carbocycles. The van der Waals surface area contributed by atoms with Crippen molar-refractivity contribution in [2.45, 2.75) is 39.7 Å². The van der Waals surface area contributed by atoms with Gasteiger partial charge in [0.1, 0.15) is 6.54 Å². The van der Waals surface area contributed by atoms with Gasteiger partial charge in [-0.3, -0.25) is 4.79 Å². The molecule has 0 spiro atoms. The molecule has 1 fully saturated rings. The molecular formula is C12H20N4O. The molecule has 1 aromatic heterocycles. The van der Waals surface area contributed by atoms with E-state index in [0.717, 1.165) is 25.2 Å². The van der Waals surface area contributed by atoms with E-state index in [4.69, 9.17) is 0 Å². The summed E-state index contributed by atoms with van der Waals surface area (Å²) in [7, 11) is 0. The molecule has 1 aliphatic heterocycles. The topological polar surface area (TPSA) is 59.8 Å². The molecule has 17 heavy (non-hydrogen) atoms. The molecule has 5 nitrogen and oxygen atoms in total. The van der Waals surface area contributed by atoms with Gasteiger partial charge in [0.2, 0.25) is 0 Å². The smallest absolute Gasteiger partial charge is 0.159 e. The lowest BCUT2D eigenvalue weighted by Crippen LogP contribution is -2.25. The number of nitrogens with one attached hydrogen (secondary N) is 1. The highest BCUT2D eigenvalue weighted by Crippen LogP contribution is 2.20. The third-order valence-corrected chi connectivity index (χ3v) is 3.18. The molecule has 1 unspecified atom stereocenters. The van der Waals surface area contributed by atoms with Crippen LogP contribution in [0, 0.1) is 5.41 Å². The summed E-state index contributed by atoms with van der Waals surface area (Å²) < 4.78 is 1.65. The molecule has 2 heterocycles. The van der Waals surface area contributed by atoms with Crippen LogP contribution in [0.3, 0.4) is 0 Å². The van der Waals surface area contributed by atoms with Gasteiger partial charge in [-0.15, -0.1) is 5.10 Å². The average Bonchev–Trinajstić information content (AvgIpc) is 2.83. The third kappa shape index (κ3) is 2.91. The number of aromatic nitrogens is 3. The summed E-state index contributed by atoms with van der Waals surface area (Å²) in [6.45, 7) is 8.09. The van der Waals surface area contributed by atoms with Gasteiger partial charge in [-0.2, -0.15) is 0 Å². The fraction of sp³-hybridized carbons (Fsp3) is 0.750. The Hall–Kier alpha value is -1.23. The van der Waals surface area contributed by atoms with Gasteiger partial charge in [-0.1, -0.05) is 26.0 Å². The molecular weight excluding hydrogens is 216 g/mol. The number of nitrogens with zero attached hydrogens (tertiary/aromatic N) is 3. The SMILES string of the molecule is CC(C)(C)C(=O)Cn1cc(C2CCNC2)nn1. The van der Waals surface area contributed by atoms with Gasteiger partial charge in [0.15, 0.2) is 5.78 Å². The Kier molecular flexibility index (Phi) is 3.28. The molecule has 1 atom stereocenters. The second kappa shape index (κ2) is 4.56. The second-order valence-electron chi connectivity index (χ2n) is 5.70. The summed E-state index contributed by atoms with van der Waals surface area (Å²) in [5.41, 5.74) is 0.679. The predicted octanol–water partition coefficient (Wildman–Crippen LogP) is 0.970. The van der Waals surface area contributed by atoms with Crippen molar-refractivity contribution in [2.24, 2.45) is 5.41 Å². The first kappa shape index (κ1) is 12.2. The van der Waals surface area contributed by atoms with Crippen molar-refractivity contribution in [1.82, 2.24) is 20.3 Å². The van der Waals surface area contributed by atoms with E-state index >= 15 is 0 Å². The molecule has 5 heteroatoms. The van der Waals surface area contributed by atoms with Gasteiger partial charge in [0.05, 0.1) is 5.69 Å². The van der Waals surface area contributed by atoms with Crippen molar-refractivity contribution >= 4 is 5.78 Å². The molecule has 1 aliphatic rings. The van der Waals surface area contributed by atoms with Crippen LogP contribution in [0.25, 0.3) is 0 Å². The van der Waals surface area contributed by atoms with Crippen LogP contribution in [0.4, 0.5) is 0 Å². The number of rotatable bonds is 3. The van der Waals surface area contributed by atoms with Crippen LogP contribution in [-0.2, 0) is 11.3 Å². The van der Waals surface area contributed by atoms with Crippen molar-refractivity contribution < 1.29 is 4.79 Å². The highest BCUT2D eigenvalue weighted by molar-refractivity contribution is 5.83. The first-order valence-electron chi connectivity index (χ1n) is 6.11. The van der Waals surface area contributed by atoms with E-state index in [1.807, 2.05) is 27.0 Å². The minimum atomic E-state index is -0.318. The minimum Gasteiger partial charge on any atom is -0.316 e. The number of carbonyl (C=O) groups is 1. The van der Waals surface area contributed by atoms with Gasteiger partial charge < -0.3 is 5.32 Å². The third-order valence-electron chi connectivity index (χ3n) is 3.18. The van der Waals surface area contributed by atoms with E-state index in [1.165, 1.54) is 0 Å². The highest BCUT2D eigenvalue weighted by atomic mass is 16.1. The summed E-state index contributed by atoms with van der Waals surface area (Å²) >= 11 is 0. The first-order chi connectivity index (χ1) is 7.97. The van der Waals surface area contributed by atoms with E-state index in [0.29, 0.717) is 12.5 Å². The van der Waals surface area contributed by atoms with Crippen molar-refractivity contribution in [3.05, 3.63) is 11.9 Å². The molecule has 1 aromatic rings. The molecule has 0 aliphatic carbocycles. The van der Waals surface area contributed by atoms with Crippen LogP contribution in [-0.4, -0.2) is 33.9 Å². The Morgan fingerprint density at radius 3 is 2.94 bits per heavy atom. The fourth-order valence-corrected chi connectivity index (χ4v) is 1.87. The van der Waals surface area contributed by atoms with E-state index in [9.17, 15) is 4.79 Å². The maximum atomic E-state index is 11.9. The molecule has 1 saturated heterocycles. The van der Waals surface area contributed by atoms with Crippen molar-refractivity contribution in [3.8, 4) is 0 Å². The minimum absolute atomic E-state index is 0.179. The van der Waals surface area contributed by atoms with E-state index in [1.54, 1.807) is 4.68 Å². The predicted molar refractivity (Wildman–Crippen MR) is 64.7 cm³/mol. The maximum absolute atomic E-state index is 11.9. The Balaban J connectivity index is 2.01. The molecule has 0 aromatic carbocycles. The molecule has 0 radical (unpaired) electrons. The Labute approximate surface area is 102 Å². The summed E-state index contributed by atoms with van der Waals surface area (Å²) in [5, 5.41) is 11.5. The van der Waals surface area contributed by atoms with Crippen LogP contribution >= 0.6 is 0 Å². The Morgan fingerprint density at radius 1 is 1.59 bits per heavy atom. The van der Waals surface area contributed by atoms with Crippen molar-refractivity contribution in [2.75, 3.05) is 13.1 Å². The molecule has 2 rings (SSSR count). The quantitative estimate of drug-likeness (QED) is 0.849. The van der Waals surface area contributed by atoms with Crippen LogP contribution in [0.15, 0.2) is 6.20 Å². The number of ketones is 1. The fourth-order valence-electron chi connectivity index (χ4n) is 1.87. The van der Waals surface area contributed by atoms with Crippen LogP contribution in [0.5, 0.6) is 0 Å². The summed E-state index contributed by atoms with van der Waals surface area (Å²) in [6, 6.07) is 0. The zero-order valence-corrected chi connectivity index (χ0v) is 10.7. The van der Waals surface area contributed by atoms with Crippen LogP contribution < -0.4 is 5.32 Å². The van der Waals surface area contributed by atoms with Gasteiger partial charge in [0, 0.05) is 24.1 Å². The molecule has 0 bridgehead atoms. The van der Waals surface area contributed by atoms with Crippen LogP contribution in [0.2, 0.25) is 0 Å². The highest BCUT2D eigenvalue weighted by Gasteiger charge is 2.23. The second-order valence-corrected chi connectivity index (χ2v) is 5.70. The number of carbonyl (C=O) groups excluding carboxylic acids is 1. The Bertz CT molecular complexity index is 399. The zero-order valence-electron chi connectivity index (χ0n) is 10.7. The monoisotopic (exact) mass is 236 g/mol. The average molecular weight is 236 g/mol. The largest absolute Gasteiger partial charge is 0.316 e. The summed E-state index contributed by atoms with van der Waals surface area (Å²) in [6.07, 6.45) is 3.01. The lowest BCUT2D eigenvalue weighted by atomic mass is 9.91. The lowest BCUT2D eigenvalue weighted by molar-refractivity contribution is -0.127. The summed E-state index contributed by atoms with van der Waals surface area (Å²) in [5.74, 6) is 0.631. The Morgan fingerprint density at radius 2 is 2.35 bits per heavy atom. The number of hydrogen-bond donors (Lipinski definition) is 1. The van der Waals surface area contributed by atoms with Gasteiger partial charge >= 0.3 is 0 Å². The van der Waals surface area contributed by atoms with Gasteiger partial charge in [-0.25, -0.2) is 4.68 Å². The maximum Gasteiger partial charge on any atom is 0.159 e. The number of Topliss-reactive ketones (excluding diaryl/α,β-unsaturated/α-hetero) is 1. The van der Waals surface area contributed by atoms with Crippen molar-refractivity contribution in [3.63, 3.8) is 0 Å². The van der Waals surface area contributed by atoms with Crippen molar-refractivity contribution in [1.29, 1.82) is 0 Å². The molecule has 94 valence electrons. The number of hydrogen-bond acceptors (Lipinski definition) is 4. The van der Waals surface area contributed by atoms with E-state index < -0.39 is 0 Å². The standard InChI is InChI=1S/C12H20N4O/c1-12(2,3)11(17)8-16-7-10(14-15-16)9-4-5-13-6-9/h7,9,13H,4-6,8H2,1-3H3. The molecule has 0 amide bonds. The first-order valence-corrected chi connectivity index (χ1v) is 6.11. The lowest BCUT2D eigenvalue weighted by Gasteiger charge is -2.15. The zero-order chi connectivity index (χ0) is 12.5. The van der Waals surface area contributed by atoms with E-state index in [2.05, 4.69) is 15.6 Å². The summed E-state index contributed by atoms with van der Waals surface area (Å²) in [4.78, 5) is 11.9. The normalized spacial score (nSPS) is 20.8. The molecule has 1 N–H and O–H groups in total. The van der Waals surface area contributed by atoms with Crippen LogP contribution in [0.1, 0.15) is 38.8 Å². The van der Waals surface area contributed by atoms with Gasteiger partial charge in [0.25, 0.3) is 0 Å². The van der Waals surface area contributed by atoms with E-state index in [-0.39, 0.29) is 11.2 Å². The van der Waals surface area contributed by atoms with Gasteiger partial charge in [-0.05, 0) is 13.0 Å².